The van der Waals surface area contributed by atoms with Gasteiger partial charge in [-0.15, -0.1) is 0 Å². The van der Waals surface area contributed by atoms with E-state index >= 15 is 0 Å². The second-order valence-electron chi connectivity index (χ2n) is 7.46. The Morgan fingerprint density at radius 2 is 1.77 bits per heavy atom. The molecule has 1 N–H and O–H groups in total. The molecule has 2 aliphatic rings. The van der Waals surface area contributed by atoms with E-state index in [1.165, 1.54) is 22.9 Å². The Bertz CT molecular complexity index is 752. The molecule has 5 nitrogen and oxygen atoms in total. The molecule has 144 valence electrons. The molecule has 1 amide bonds. The molecule has 1 saturated carbocycles. The summed E-state index contributed by atoms with van der Waals surface area (Å²) < 4.78 is 40.8. The number of sulfonamides is 1. The molecule has 0 aromatic heterocycles. The fourth-order valence-corrected chi connectivity index (χ4v) is 5.49. The Morgan fingerprint density at radius 1 is 1.12 bits per heavy atom. The van der Waals surface area contributed by atoms with Gasteiger partial charge in [0.05, 0.1) is 0 Å². The third-order valence-corrected chi connectivity index (χ3v) is 7.39. The molecule has 2 fully saturated rings. The van der Waals surface area contributed by atoms with E-state index in [9.17, 15) is 17.6 Å². The fourth-order valence-electron chi connectivity index (χ4n) is 3.87. The zero-order valence-electron chi connectivity index (χ0n) is 15.2. The van der Waals surface area contributed by atoms with Gasteiger partial charge in [-0.3, -0.25) is 4.79 Å². The van der Waals surface area contributed by atoms with Crippen LogP contribution in [0.4, 0.5) is 4.39 Å². The Hall–Kier alpha value is -1.47. The molecule has 0 spiro atoms. The van der Waals surface area contributed by atoms with Gasteiger partial charge >= 0.3 is 0 Å². The highest BCUT2D eigenvalue weighted by atomic mass is 32.2. The second-order valence-corrected chi connectivity index (χ2v) is 9.36. The highest BCUT2D eigenvalue weighted by Crippen LogP contribution is 2.26. The molecular weight excluding hydrogens is 355 g/mol. The van der Waals surface area contributed by atoms with Crippen molar-refractivity contribution in [3.63, 3.8) is 0 Å². The maximum Gasteiger partial charge on any atom is 0.245 e. The first-order valence-electron chi connectivity index (χ1n) is 9.44. The van der Waals surface area contributed by atoms with Crippen LogP contribution in [0, 0.1) is 18.7 Å². The van der Waals surface area contributed by atoms with Gasteiger partial charge < -0.3 is 5.32 Å². The van der Waals surface area contributed by atoms with Gasteiger partial charge in [0.15, 0.2) is 0 Å². The van der Waals surface area contributed by atoms with Crippen LogP contribution in [0.1, 0.15) is 50.5 Å². The number of halogens is 1. The number of hydrogen-bond acceptors (Lipinski definition) is 3. The lowest BCUT2D eigenvalue weighted by molar-refractivity contribution is -0.126. The zero-order chi connectivity index (χ0) is 18.7. The Morgan fingerprint density at radius 3 is 2.42 bits per heavy atom. The Kier molecular flexibility index (Phi) is 5.97. The summed E-state index contributed by atoms with van der Waals surface area (Å²) in [4.78, 5) is 12.1. The van der Waals surface area contributed by atoms with Gasteiger partial charge in [0, 0.05) is 25.0 Å². The first kappa shape index (κ1) is 19.3. The van der Waals surface area contributed by atoms with Gasteiger partial charge in [-0.2, -0.15) is 4.31 Å². The number of benzene rings is 1. The number of hydrogen-bond donors (Lipinski definition) is 1. The van der Waals surface area contributed by atoms with Crippen LogP contribution in [0.2, 0.25) is 0 Å². The molecule has 1 aromatic rings. The summed E-state index contributed by atoms with van der Waals surface area (Å²) in [5.41, 5.74) is 0.708. The van der Waals surface area contributed by atoms with Gasteiger partial charge in [0.2, 0.25) is 15.9 Å². The van der Waals surface area contributed by atoms with Crippen LogP contribution in [0.15, 0.2) is 23.1 Å². The smallest absolute Gasteiger partial charge is 0.245 e. The van der Waals surface area contributed by atoms with Crippen LogP contribution in [-0.2, 0) is 14.8 Å². The highest BCUT2D eigenvalue weighted by Gasteiger charge is 2.32. The maximum atomic E-state index is 14.0. The van der Waals surface area contributed by atoms with Gasteiger partial charge in [-0.1, -0.05) is 25.3 Å². The van der Waals surface area contributed by atoms with Crippen LogP contribution in [0.5, 0.6) is 0 Å². The molecular formula is C19H27FN2O3S. The molecule has 7 heteroatoms. The van der Waals surface area contributed by atoms with Crippen LogP contribution < -0.4 is 5.32 Å². The first-order chi connectivity index (χ1) is 12.4. The van der Waals surface area contributed by atoms with Gasteiger partial charge in [0.25, 0.3) is 0 Å². The molecule has 1 aliphatic carbocycles. The number of piperidine rings is 1. The third kappa shape index (κ3) is 4.26. The average molecular weight is 383 g/mol. The van der Waals surface area contributed by atoms with E-state index in [0.717, 1.165) is 25.7 Å². The first-order valence-corrected chi connectivity index (χ1v) is 10.9. The van der Waals surface area contributed by atoms with Gasteiger partial charge in [-0.25, -0.2) is 12.8 Å². The third-order valence-electron chi connectivity index (χ3n) is 5.48. The van der Waals surface area contributed by atoms with Crippen molar-refractivity contribution < 1.29 is 17.6 Å². The summed E-state index contributed by atoms with van der Waals surface area (Å²) in [7, 11) is -3.84. The van der Waals surface area contributed by atoms with Crippen LogP contribution in [0.3, 0.4) is 0 Å². The molecule has 1 aromatic carbocycles. The predicted molar refractivity (Wildman–Crippen MR) is 97.6 cm³/mol. The highest BCUT2D eigenvalue weighted by molar-refractivity contribution is 7.89. The standard InChI is InChI=1S/C19H27FN2O3S/c1-14-7-8-17(20)18(13-14)26(24,25)22-11-9-16(10-12-22)21-19(23)15-5-3-2-4-6-15/h7-8,13,15-16H,2-6,9-12H2,1H3,(H,21,23). The monoisotopic (exact) mass is 382 g/mol. The van der Waals surface area contributed by atoms with Crippen molar-refractivity contribution in [3.8, 4) is 0 Å². The summed E-state index contributed by atoms with van der Waals surface area (Å²) in [6, 6.07) is 4.13. The summed E-state index contributed by atoms with van der Waals surface area (Å²) in [5.74, 6) is -0.508. The van der Waals surface area contributed by atoms with E-state index in [0.29, 0.717) is 31.5 Å². The van der Waals surface area contributed by atoms with Crippen LogP contribution in [0.25, 0.3) is 0 Å². The van der Waals surface area contributed by atoms with Crippen LogP contribution >= 0.6 is 0 Å². The lowest BCUT2D eigenvalue weighted by Crippen LogP contribution is -2.48. The normalized spacial score (nSPS) is 20.8. The Balaban J connectivity index is 1.59. The van der Waals surface area contributed by atoms with Gasteiger partial charge in [-0.05, 0) is 50.3 Å². The summed E-state index contributed by atoms with van der Waals surface area (Å²) in [5, 5.41) is 3.09. The van der Waals surface area contributed by atoms with E-state index in [-0.39, 0.29) is 22.8 Å². The average Bonchev–Trinajstić information content (AvgIpc) is 2.65. The van der Waals surface area contributed by atoms with Crippen molar-refractivity contribution in [2.24, 2.45) is 5.92 Å². The largest absolute Gasteiger partial charge is 0.353 e. The number of rotatable bonds is 4. The lowest BCUT2D eigenvalue weighted by atomic mass is 9.88. The number of aryl methyl sites for hydroxylation is 1. The maximum absolute atomic E-state index is 14.0. The number of nitrogens with zero attached hydrogens (tertiary/aromatic N) is 1. The molecule has 1 heterocycles. The fraction of sp³-hybridized carbons (Fsp3) is 0.632. The van der Waals surface area contributed by atoms with Crippen molar-refractivity contribution in [3.05, 3.63) is 29.6 Å². The minimum Gasteiger partial charge on any atom is -0.353 e. The van der Waals surface area contributed by atoms with E-state index < -0.39 is 15.8 Å². The molecule has 0 bridgehead atoms. The molecule has 0 atom stereocenters. The SMILES string of the molecule is Cc1ccc(F)c(S(=O)(=O)N2CCC(NC(=O)C3CCCCC3)CC2)c1. The van der Waals surface area contributed by atoms with Crippen LogP contribution in [-0.4, -0.2) is 37.8 Å². The van der Waals surface area contributed by atoms with E-state index in [4.69, 9.17) is 0 Å². The van der Waals surface area contributed by atoms with E-state index in [2.05, 4.69) is 5.32 Å². The lowest BCUT2D eigenvalue weighted by Gasteiger charge is -2.33. The molecule has 1 saturated heterocycles. The van der Waals surface area contributed by atoms with Crippen molar-refractivity contribution in [1.29, 1.82) is 0 Å². The minimum atomic E-state index is -3.84. The van der Waals surface area contributed by atoms with Crippen molar-refractivity contribution >= 4 is 15.9 Å². The molecule has 1 aliphatic heterocycles. The number of nitrogens with one attached hydrogen (secondary N) is 1. The summed E-state index contributed by atoms with van der Waals surface area (Å²) in [6.07, 6.45) is 6.44. The quantitative estimate of drug-likeness (QED) is 0.871. The summed E-state index contributed by atoms with van der Waals surface area (Å²) >= 11 is 0. The molecule has 3 rings (SSSR count). The Labute approximate surface area is 155 Å². The number of carbonyl (C=O) groups excluding carboxylic acids is 1. The van der Waals surface area contributed by atoms with E-state index in [1.807, 2.05) is 0 Å². The van der Waals surface area contributed by atoms with Gasteiger partial charge in [0.1, 0.15) is 10.7 Å². The minimum absolute atomic E-state index is 0.00164. The van der Waals surface area contributed by atoms with Crippen molar-refractivity contribution in [1.82, 2.24) is 9.62 Å². The zero-order valence-corrected chi connectivity index (χ0v) is 16.0. The predicted octanol–water partition coefficient (Wildman–Crippen LogP) is 2.98. The van der Waals surface area contributed by atoms with E-state index in [1.54, 1.807) is 13.0 Å². The van der Waals surface area contributed by atoms with Crippen molar-refractivity contribution in [2.45, 2.75) is 62.8 Å². The number of carbonyl (C=O) groups is 1. The molecule has 0 radical (unpaired) electrons. The molecule has 0 unspecified atom stereocenters. The second kappa shape index (κ2) is 8.05. The summed E-state index contributed by atoms with van der Waals surface area (Å²) in [6.45, 7) is 2.34. The topological polar surface area (TPSA) is 66.5 Å². The number of amides is 1. The van der Waals surface area contributed by atoms with Crippen molar-refractivity contribution in [2.75, 3.05) is 13.1 Å². The molecule has 26 heavy (non-hydrogen) atoms.